The smallest absolute Gasteiger partial charge is 0.243 e. The van der Waals surface area contributed by atoms with E-state index in [1.165, 1.54) is 0 Å². The number of anilines is 2. The van der Waals surface area contributed by atoms with E-state index in [9.17, 15) is 4.79 Å². The van der Waals surface area contributed by atoms with E-state index in [2.05, 4.69) is 10.6 Å². The number of hydrogen-bond acceptors (Lipinski definition) is 4. The van der Waals surface area contributed by atoms with E-state index in [0.29, 0.717) is 23.9 Å². The van der Waals surface area contributed by atoms with Crippen LogP contribution in [0.15, 0.2) is 78.9 Å². The predicted molar refractivity (Wildman–Crippen MR) is 112 cm³/mol. The van der Waals surface area contributed by atoms with Crippen LogP contribution in [0.3, 0.4) is 0 Å². The summed E-state index contributed by atoms with van der Waals surface area (Å²) in [6.07, 6.45) is 0. The lowest BCUT2D eigenvalue weighted by molar-refractivity contribution is -0.114. The molecule has 0 unspecified atom stereocenters. The highest BCUT2D eigenvalue weighted by Gasteiger charge is 2.03. The van der Waals surface area contributed by atoms with Gasteiger partial charge in [0.2, 0.25) is 5.91 Å². The lowest BCUT2D eigenvalue weighted by Crippen LogP contribution is -2.21. The van der Waals surface area contributed by atoms with Crippen molar-refractivity contribution < 1.29 is 14.3 Å². The quantitative estimate of drug-likeness (QED) is 0.508. The van der Waals surface area contributed by atoms with Gasteiger partial charge in [-0.1, -0.05) is 35.9 Å². The molecule has 0 radical (unpaired) electrons. The van der Waals surface area contributed by atoms with Crippen molar-refractivity contribution in [3.05, 3.63) is 83.9 Å². The lowest BCUT2D eigenvalue weighted by atomic mass is 10.3. The minimum atomic E-state index is -0.152. The molecule has 1 amide bonds. The molecule has 0 bridgehead atoms. The van der Waals surface area contributed by atoms with Crippen LogP contribution in [0.4, 0.5) is 11.4 Å². The zero-order valence-electron chi connectivity index (χ0n) is 15.2. The number of para-hydroxylation sites is 1. The van der Waals surface area contributed by atoms with E-state index < -0.39 is 0 Å². The van der Waals surface area contributed by atoms with Crippen molar-refractivity contribution in [3.63, 3.8) is 0 Å². The molecule has 0 spiro atoms. The van der Waals surface area contributed by atoms with Crippen molar-refractivity contribution >= 4 is 28.9 Å². The standard InChI is InChI=1S/C22H21ClN2O3/c23-17-5-4-6-19(15-17)25-22(26)16-24-18-9-11-21(12-10-18)28-14-13-27-20-7-2-1-3-8-20/h1-12,15,24H,13-14,16H2,(H,25,26). The van der Waals surface area contributed by atoms with Gasteiger partial charge < -0.3 is 20.1 Å². The molecule has 3 aromatic rings. The average molecular weight is 397 g/mol. The minimum Gasteiger partial charge on any atom is -0.490 e. The van der Waals surface area contributed by atoms with Gasteiger partial charge in [0, 0.05) is 16.4 Å². The van der Waals surface area contributed by atoms with E-state index in [0.717, 1.165) is 17.2 Å². The summed E-state index contributed by atoms with van der Waals surface area (Å²) in [6.45, 7) is 1.06. The molecule has 3 rings (SSSR count). The van der Waals surface area contributed by atoms with Crippen molar-refractivity contribution in [1.82, 2.24) is 0 Å². The molecule has 144 valence electrons. The number of benzene rings is 3. The molecule has 0 atom stereocenters. The van der Waals surface area contributed by atoms with Gasteiger partial charge in [-0.3, -0.25) is 4.79 Å². The summed E-state index contributed by atoms with van der Waals surface area (Å²) in [4.78, 5) is 12.0. The third kappa shape index (κ3) is 6.52. The van der Waals surface area contributed by atoms with Crippen LogP contribution in [0, 0.1) is 0 Å². The first-order chi connectivity index (χ1) is 13.7. The van der Waals surface area contributed by atoms with Crippen LogP contribution in [0.2, 0.25) is 5.02 Å². The number of ether oxygens (including phenoxy) is 2. The second-order valence-corrected chi connectivity index (χ2v) is 6.38. The van der Waals surface area contributed by atoms with Gasteiger partial charge in [0.05, 0.1) is 6.54 Å². The Morgan fingerprint density at radius 2 is 1.46 bits per heavy atom. The fraction of sp³-hybridized carbons (Fsp3) is 0.136. The first-order valence-electron chi connectivity index (χ1n) is 8.89. The molecule has 0 saturated carbocycles. The maximum absolute atomic E-state index is 12.0. The summed E-state index contributed by atoms with van der Waals surface area (Å²) < 4.78 is 11.2. The van der Waals surface area contributed by atoms with Gasteiger partial charge in [0.15, 0.2) is 0 Å². The van der Waals surface area contributed by atoms with E-state index in [-0.39, 0.29) is 12.5 Å². The van der Waals surface area contributed by atoms with Gasteiger partial charge in [-0.2, -0.15) is 0 Å². The highest BCUT2D eigenvalue weighted by molar-refractivity contribution is 6.30. The molecule has 3 aromatic carbocycles. The van der Waals surface area contributed by atoms with Crippen LogP contribution in [0.5, 0.6) is 11.5 Å². The van der Waals surface area contributed by atoms with E-state index in [1.807, 2.05) is 54.6 Å². The normalized spacial score (nSPS) is 10.2. The molecule has 2 N–H and O–H groups in total. The monoisotopic (exact) mass is 396 g/mol. The highest BCUT2D eigenvalue weighted by atomic mass is 35.5. The van der Waals surface area contributed by atoms with Crippen molar-refractivity contribution in [1.29, 1.82) is 0 Å². The molecule has 0 fully saturated rings. The fourth-order valence-electron chi connectivity index (χ4n) is 2.46. The van der Waals surface area contributed by atoms with E-state index in [1.54, 1.807) is 24.3 Å². The zero-order chi connectivity index (χ0) is 19.6. The second-order valence-electron chi connectivity index (χ2n) is 5.95. The third-order valence-corrected chi connectivity index (χ3v) is 4.01. The van der Waals surface area contributed by atoms with Crippen LogP contribution in [0.25, 0.3) is 0 Å². The number of nitrogens with one attached hydrogen (secondary N) is 2. The molecule has 6 heteroatoms. The number of carbonyl (C=O) groups is 1. The SMILES string of the molecule is O=C(CNc1ccc(OCCOc2ccccc2)cc1)Nc1cccc(Cl)c1. The summed E-state index contributed by atoms with van der Waals surface area (Å²) in [5.41, 5.74) is 1.50. The van der Waals surface area contributed by atoms with E-state index in [4.69, 9.17) is 21.1 Å². The molecule has 0 saturated heterocycles. The Labute approximate surface area is 169 Å². The van der Waals surface area contributed by atoms with Gasteiger partial charge >= 0.3 is 0 Å². The van der Waals surface area contributed by atoms with Gasteiger partial charge in [-0.15, -0.1) is 0 Å². The Balaban J connectivity index is 1.37. The van der Waals surface area contributed by atoms with Crippen molar-refractivity contribution in [2.75, 3.05) is 30.4 Å². The Hall–Kier alpha value is -3.18. The number of rotatable bonds is 9. The summed E-state index contributed by atoms with van der Waals surface area (Å²) in [5, 5.41) is 6.44. The zero-order valence-corrected chi connectivity index (χ0v) is 16.0. The summed E-state index contributed by atoms with van der Waals surface area (Å²) in [6, 6.07) is 24.1. The maximum Gasteiger partial charge on any atom is 0.243 e. The van der Waals surface area contributed by atoms with Crippen LogP contribution >= 0.6 is 11.6 Å². The maximum atomic E-state index is 12.0. The Morgan fingerprint density at radius 1 is 0.786 bits per heavy atom. The van der Waals surface area contributed by atoms with Crippen LogP contribution in [0.1, 0.15) is 0 Å². The number of halogens is 1. The highest BCUT2D eigenvalue weighted by Crippen LogP contribution is 2.17. The largest absolute Gasteiger partial charge is 0.490 e. The van der Waals surface area contributed by atoms with Gasteiger partial charge in [-0.25, -0.2) is 0 Å². The molecular weight excluding hydrogens is 376 g/mol. The lowest BCUT2D eigenvalue weighted by Gasteiger charge is -2.10. The number of hydrogen-bond donors (Lipinski definition) is 2. The molecule has 28 heavy (non-hydrogen) atoms. The van der Waals surface area contributed by atoms with Gasteiger partial charge in [-0.05, 0) is 54.6 Å². The summed E-state index contributed by atoms with van der Waals surface area (Å²) in [7, 11) is 0. The Kier molecular flexibility index (Phi) is 7.15. The van der Waals surface area contributed by atoms with Gasteiger partial charge in [0.1, 0.15) is 24.7 Å². The van der Waals surface area contributed by atoms with Crippen LogP contribution in [-0.4, -0.2) is 25.7 Å². The van der Waals surface area contributed by atoms with Crippen molar-refractivity contribution in [2.45, 2.75) is 0 Å². The first kappa shape index (κ1) is 19.6. The molecule has 0 aliphatic carbocycles. The first-order valence-corrected chi connectivity index (χ1v) is 9.27. The Bertz CT molecular complexity index is 886. The average Bonchev–Trinajstić information content (AvgIpc) is 2.71. The molecule has 0 aliphatic heterocycles. The third-order valence-electron chi connectivity index (χ3n) is 3.78. The van der Waals surface area contributed by atoms with E-state index >= 15 is 0 Å². The topological polar surface area (TPSA) is 59.6 Å². The van der Waals surface area contributed by atoms with Crippen molar-refractivity contribution in [2.24, 2.45) is 0 Å². The number of carbonyl (C=O) groups excluding carboxylic acids is 1. The summed E-state index contributed by atoms with van der Waals surface area (Å²) >= 11 is 5.91. The summed E-state index contributed by atoms with van der Waals surface area (Å²) in [5.74, 6) is 1.41. The molecular formula is C22H21ClN2O3. The van der Waals surface area contributed by atoms with Crippen LogP contribution < -0.4 is 20.1 Å². The molecule has 0 aliphatic rings. The number of amides is 1. The second kappa shape index (κ2) is 10.2. The molecule has 5 nitrogen and oxygen atoms in total. The molecule has 0 aromatic heterocycles. The Morgan fingerprint density at radius 3 is 2.14 bits per heavy atom. The fourth-order valence-corrected chi connectivity index (χ4v) is 2.65. The van der Waals surface area contributed by atoms with Gasteiger partial charge in [0.25, 0.3) is 0 Å². The minimum absolute atomic E-state index is 0.150. The van der Waals surface area contributed by atoms with Crippen molar-refractivity contribution in [3.8, 4) is 11.5 Å². The molecule has 0 heterocycles. The van der Waals surface area contributed by atoms with Crippen LogP contribution in [-0.2, 0) is 4.79 Å². The predicted octanol–water partition coefficient (Wildman–Crippen LogP) is 4.85.